The highest BCUT2D eigenvalue weighted by Crippen LogP contribution is 2.15. The Bertz CT molecular complexity index is 480. The molecule has 2 aromatic rings. The molecule has 0 unspecified atom stereocenters. The zero-order valence-electron chi connectivity index (χ0n) is 8.58. The first kappa shape index (κ1) is 10.4. The molecule has 0 saturated heterocycles. The summed E-state index contributed by atoms with van der Waals surface area (Å²) in [6.45, 7) is 0. The van der Waals surface area contributed by atoms with Crippen molar-refractivity contribution in [1.82, 2.24) is 14.8 Å². The first-order valence-electron chi connectivity index (χ1n) is 4.92. The van der Waals surface area contributed by atoms with E-state index in [1.54, 1.807) is 17.2 Å². The van der Waals surface area contributed by atoms with E-state index in [2.05, 4.69) is 10.2 Å². The molecule has 0 radical (unpaired) electrons. The molecule has 1 heterocycles. The monoisotopic (exact) mass is 217 g/mol. The molecule has 0 atom stereocenters. The molecule has 0 bridgehead atoms. The van der Waals surface area contributed by atoms with Gasteiger partial charge in [-0.2, -0.15) is 0 Å². The SMILES string of the molecule is O=C(O)CCc1ccccc1-n1cnnc1. The van der Waals surface area contributed by atoms with Crippen LogP contribution in [0.4, 0.5) is 0 Å². The molecular formula is C11H11N3O2. The van der Waals surface area contributed by atoms with Gasteiger partial charge in [0.2, 0.25) is 0 Å². The molecule has 1 aromatic carbocycles. The Balaban J connectivity index is 2.27. The Hall–Kier alpha value is -2.17. The van der Waals surface area contributed by atoms with Crippen molar-refractivity contribution in [3.8, 4) is 5.69 Å². The van der Waals surface area contributed by atoms with Gasteiger partial charge in [0.1, 0.15) is 12.7 Å². The quantitative estimate of drug-likeness (QED) is 0.837. The molecule has 0 saturated carbocycles. The number of carboxylic acids is 1. The van der Waals surface area contributed by atoms with E-state index in [1.165, 1.54) is 0 Å². The number of para-hydroxylation sites is 1. The van der Waals surface area contributed by atoms with E-state index < -0.39 is 5.97 Å². The van der Waals surface area contributed by atoms with Gasteiger partial charge in [0.25, 0.3) is 0 Å². The molecule has 0 amide bonds. The second kappa shape index (κ2) is 4.57. The van der Waals surface area contributed by atoms with Gasteiger partial charge in [0, 0.05) is 6.42 Å². The zero-order valence-corrected chi connectivity index (χ0v) is 8.58. The van der Waals surface area contributed by atoms with Gasteiger partial charge in [0.05, 0.1) is 5.69 Å². The number of hydrogen-bond donors (Lipinski definition) is 1. The van der Waals surface area contributed by atoms with Crippen LogP contribution in [0.5, 0.6) is 0 Å². The minimum Gasteiger partial charge on any atom is -0.481 e. The second-order valence-corrected chi connectivity index (χ2v) is 3.39. The summed E-state index contributed by atoms with van der Waals surface area (Å²) in [6.07, 6.45) is 3.82. The molecule has 82 valence electrons. The minimum absolute atomic E-state index is 0.124. The highest BCUT2D eigenvalue weighted by molar-refractivity contribution is 5.67. The number of carbonyl (C=O) groups is 1. The van der Waals surface area contributed by atoms with Crippen LogP contribution < -0.4 is 0 Å². The van der Waals surface area contributed by atoms with Crippen LogP contribution in [0.2, 0.25) is 0 Å². The summed E-state index contributed by atoms with van der Waals surface area (Å²) >= 11 is 0. The number of aromatic nitrogens is 3. The van der Waals surface area contributed by atoms with Crippen LogP contribution in [-0.2, 0) is 11.2 Å². The predicted octanol–water partition coefficient (Wildman–Crippen LogP) is 1.28. The predicted molar refractivity (Wildman–Crippen MR) is 57.3 cm³/mol. The molecule has 0 spiro atoms. The van der Waals surface area contributed by atoms with Crippen molar-refractivity contribution in [3.63, 3.8) is 0 Å². The van der Waals surface area contributed by atoms with E-state index >= 15 is 0 Å². The van der Waals surface area contributed by atoms with Crippen LogP contribution in [-0.4, -0.2) is 25.8 Å². The summed E-state index contributed by atoms with van der Waals surface area (Å²) in [5.41, 5.74) is 1.90. The van der Waals surface area contributed by atoms with E-state index in [0.717, 1.165) is 11.3 Å². The number of benzene rings is 1. The number of rotatable bonds is 4. The standard InChI is InChI=1S/C11H11N3O2/c15-11(16)6-5-9-3-1-2-4-10(9)14-7-12-13-8-14/h1-4,7-8H,5-6H2,(H,15,16). The highest BCUT2D eigenvalue weighted by Gasteiger charge is 2.05. The molecule has 0 aliphatic heterocycles. The maximum absolute atomic E-state index is 10.5. The van der Waals surface area contributed by atoms with E-state index in [0.29, 0.717) is 6.42 Å². The molecule has 1 N–H and O–H groups in total. The molecule has 0 aliphatic rings. The number of carboxylic acid groups (broad SMARTS) is 1. The lowest BCUT2D eigenvalue weighted by Crippen LogP contribution is -2.01. The Morgan fingerprint density at radius 1 is 1.25 bits per heavy atom. The molecule has 5 heteroatoms. The first-order chi connectivity index (χ1) is 7.77. The topological polar surface area (TPSA) is 68.0 Å². The Morgan fingerprint density at radius 3 is 2.62 bits per heavy atom. The maximum atomic E-state index is 10.5. The largest absolute Gasteiger partial charge is 0.481 e. The van der Waals surface area contributed by atoms with Crippen LogP contribution in [0.1, 0.15) is 12.0 Å². The fourth-order valence-corrected chi connectivity index (χ4v) is 1.54. The fraction of sp³-hybridized carbons (Fsp3) is 0.182. The van der Waals surface area contributed by atoms with Crippen LogP contribution >= 0.6 is 0 Å². The molecule has 2 rings (SSSR count). The minimum atomic E-state index is -0.793. The summed E-state index contributed by atoms with van der Waals surface area (Å²) in [6, 6.07) is 7.63. The molecule has 1 aromatic heterocycles. The van der Waals surface area contributed by atoms with Gasteiger partial charge in [-0.25, -0.2) is 0 Å². The van der Waals surface area contributed by atoms with E-state index in [4.69, 9.17) is 5.11 Å². The van der Waals surface area contributed by atoms with Crippen molar-refractivity contribution >= 4 is 5.97 Å². The number of aliphatic carboxylic acids is 1. The lowest BCUT2D eigenvalue weighted by Gasteiger charge is -2.07. The number of nitrogens with zero attached hydrogens (tertiary/aromatic N) is 3. The number of hydrogen-bond acceptors (Lipinski definition) is 3. The number of aryl methyl sites for hydroxylation is 1. The van der Waals surface area contributed by atoms with Crippen molar-refractivity contribution in [3.05, 3.63) is 42.5 Å². The van der Waals surface area contributed by atoms with Crippen molar-refractivity contribution in [2.75, 3.05) is 0 Å². The van der Waals surface area contributed by atoms with Crippen LogP contribution in [0.25, 0.3) is 5.69 Å². The van der Waals surface area contributed by atoms with E-state index in [-0.39, 0.29) is 6.42 Å². The molecule has 5 nitrogen and oxygen atoms in total. The Kier molecular flexibility index (Phi) is 2.95. The van der Waals surface area contributed by atoms with Crippen molar-refractivity contribution in [1.29, 1.82) is 0 Å². The van der Waals surface area contributed by atoms with Crippen molar-refractivity contribution in [2.24, 2.45) is 0 Å². The Labute approximate surface area is 92.4 Å². The zero-order chi connectivity index (χ0) is 11.4. The van der Waals surface area contributed by atoms with Crippen molar-refractivity contribution < 1.29 is 9.90 Å². The summed E-state index contributed by atoms with van der Waals surface area (Å²) in [4.78, 5) is 10.5. The average Bonchev–Trinajstić information content (AvgIpc) is 2.80. The van der Waals surface area contributed by atoms with Crippen LogP contribution in [0, 0.1) is 0 Å². The van der Waals surface area contributed by atoms with Gasteiger partial charge in [-0.1, -0.05) is 18.2 Å². The summed E-state index contributed by atoms with van der Waals surface area (Å²) < 4.78 is 1.77. The third kappa shape index (κ3) is 2.25. The van der Waals surface area contributed by atoms with E-state index in [1.807, 2.05) is 24.3 Å². The summed E-state index contributed by atoms with van der Waals surface area (Å²) in [7, 11) is 0. The average molecular weight is 217 g/mol. The third-order valence-electron chi connectivity index (χ3n) is 2.30. The van der Waals surface area contributed by atoms with Gasteiger partial charge in [-0.15, -0.1) is 10.2 Å². The molecule has 0 aliphatic carbocycles. The summed E-state index contributed by atoms with van der Waals surface area (Å²) in [5.74, 6) is -0.793. The normalized spacial score (nSPS) is 10.2. The molecular weight excluding hydrogens is 206 g/mol. The van der Waals surface area contributed by atoms with Crippen LogP contribution in [0.15, 0.2) is 36.9 Å². The van der Waals surface area contributed by atoms with Gasteiger partial charge in [0.15, 0.2) is 0 Å². The fourth-order valence-electron chi connectivity index (χ4n) is 1.54. The third-order valence-corrected chi connectivity index (χ3v) is 2.30. The lowest BCUT2D eigenvalue weighted by molar-refractivity contribution is -0.136. The highest BCUT2D eigenvalue weighted by atomic mass is 16.4. The smallest absolute Gasteiger partial charge is 0.303 e. The first-order valence-corrected chi connectivity index (χ1v) is 4.92. The van der Waals surface area contributed by atoms with Gasteiger partial charge in [-0.3, -0.25) is 9.36 Å². The maximum Gasteiger partial charge on any atom is 0.303 e. The van der Waals surface area contributed by atoms with Gasteiger partial charge < -0.3 is 5.11 Å². The molecule has 0 fully saturated rings. The Morgan fingerprint density at radius 2 is 1.94 bits per heavy atom. The van der Waals surface area contributed by atoms with Gasteiger partial charge in [-0.05, 0) is 18.1 Å². The molecule has 16 heavy (non-hydrogen) atoms. The van der Waals surface area contributed by atoms with Crippen LogP contribution in [0.3, 0.4) is 0 Å². The van der Waals surface area contributed by atoms with Gasteiger partial charge >= 0.3 is 5.97 Å². The lowest BCUT2D eigenvalue weighted by atomic mass is 10.1. The van der Waals surface area contributed by atoms with E-state index in [9.17, 15) is 4.79 Å². The second-order valence-electron chi connectivity index (χ2n) is 3.39. The summed E-state index contributed by atoms with van der Waals surface area (Å²) in [5, 5.41) is 16.1. The van der Waals surface area contributed by atoms with Crippen molar-refractivity contribution in [2.45, 2.75) is 12.8 Å².